The first kappa shape index (κ1) is 21.1. The number of hydrogen-bond donors (Lipinski definition) is 1. The number of halogens is 4. The molecule has 1 aromatic heterocycles. The summed E-state index contributed by atoms with van der Waals surface area (Å²) in [5.74, 6) is -1.06. The van der Waals surface area contributed by atoms with Gasteiger partial charge in [-0.1, -0.05) is 6.07 Å². The molecule has 1 fully saturated rings. The zero-order valence-corrected chi connectivity index (χ0v) is 14.7. The fourth-order valence-corrected chi connectivity index (χ4v) is 3.08. The number of carbonyl (C=O) groups excluding carboxylic acids is 1. The van der Waals surface area contributed by atoms with Crippen molar-refractivity contribution in [3.05, 3.63) is 30.1 Å². The summed E-state index contributed by atoms with van der Waals surface area (Å²) in [5.41, 5.74) is -3.70. The van der Waals surface area contributed by atoms with Gasteiger partial charge in [-0.3, -0.25) is 9.78 Å². The zero-order valence-electron chi connectivity index (χ0n) is 13.1. The minimum atomic E-state index is -4.39. The number of thioether (sulfide) groups is 1. The van der Waals surface area contributed by atoms with Crippen molar-refractivity contribution >= 4 is 30.1 Å². The van der Waals surface area contributed by atoms with Gasteiger partial charge in [-0.15, -0.1) is 12.4 Å². The number of hydrogen-bond acceptors (Lipinski definition) is 4. The van der Waals surface area contributed by atoms with Crippen molar-refractivity contribution in [3.8, 4) is 0 Å². The standard InChI is InChI=1S/C15H20F3N3OS.ClH/c16-15(17,18)23-11-14(22)21(10-12-4-1-2-8-20-12)13-5-3-7-19-9-6-13;/h1-2,4,8,13,19H,3,5-7,9-11H2;1H. The van der Waals surface area contributed by atoms with E-state index in [0.717, 1.165) is 32.4 Å². The summed E-state index contributed by atoms with van der Waals surface area (Å²) in [4.78, 5) is 18.1. The molecule has 0 radical (unpaired) electrons. The van der Waals surface area contributed by atoms with Gasteiger partial charge in [0.15, 0.2) is 0 Å². The average molecular weight is 384 g/mol. The van der Waals surface area contributed by atoms with Crippen LogP contribution in [0.4, 0.5) is 13.2 Å². The molecule has 1 unspecified atom stereocenters. The average Bonchev–Trinajstić information content (AvgIpc) is 2.80. The molecule has 2 heterocycles. The Hall–Kier alpha value is -0.990. The molecule has 2 rings (SSSR count). The zero-order chi connectivity index (χ0) is 16.7. The van der Waals surface area contributed by atoms with Crippen LogP contribution in [-0.4, -0.2) is 46.2 Å². The van der Waals surface area contributed by atoms with Crippen LogP contribution in [0.3, 0.4) is 0 Å². The largest absolute Gasteiger partial charge is 0.442 e. The molecular weight excluding hydrogens is 363 g/mol. The Morgan fingerprint density at radius 1 is 1.33 bits per heavy atom. The second-order valence-corrected chi connectivity index (χ2v) is 6.45. The molecule has 24 heavy (non-hydrogen) atoms. The van der Waals surface area contributed by atoms with Gasteiger partial charge in [0.25, 0.3) is 0 Å². The van der Waals surface area contributed by atoms with Crippen molar-refractivity contribution in [1.82, 2.24) is 15.2 Å². The summed E-state index contributed by atoms with van der Waals surface area (Å²) in [7, 11) is 0. The summed E-state index contributed by atoms with van der Waals surface area (Å²) in [6.07, 6.45) is 4.07. The topological polar surface area (TPSA) is 45.2 Å². The predicted octanol–water partition coefficient (Wildman–Crippen LogP) is 3.23. The maximum absolute atomic E-state index is 12.4. The highest BCUT2D eigenvalue weighted by Gasteiger charge is 2.32. The van der Waals surface area contributed by atoms with E-state index in [2.05, 4.69) is 10.3 Å². The molecule has 1 aliphatic heterocycles. The number of rotatable bonds is 5. The van der Waals surface area contributed by atoms with E-state index in [4.69, 9.17) is 0 Å². The highest BCUT2D eigenvalue weighted by molar-refractivity contribution is 8.00. The summed E-state index contributed by atoms with van der Waals surface area (Å²) < 4.78 is 37.2. The molecule has 0 aromatic carbocycles. The van der Waals surface area contributed by atoms with Gasteiger partial charge < -0.3 is 10.2 Å². The Morgan fingerprint density at radius 3 is 2.79 bits per heavy atom. The van der Waals surface area contributed by atoms with Crippen molar-refractivity contribution in [2.24, 2.45) is 0 Å². The molecule has 4 nitrogen and oxygen atoms in total. The molecule has 9 heteroatoms. The van der Waals surface area contributed by atoms with Crippen LogP contribution in [0.25, 0.3) is 0 Å². The van der Waals surface area contributed by atoms with Crippen LogP contribution in [0, 0.1) is 0 Å². The van der Waals surface area contributed by atoms with Crippen LogP contribution < -0.4 is 5.32 Å². The quantitative estimate of drug-likeness (QED) is 0.848. The van der Waals surface area contributed by atoms with Gasteiger partial charge in [0.1, 0.15) is 0 Å². The lowest BCUT2D eigenvalue weighted by Crippen LogP contribution is -2.41. The number of pyridine rings is 1. The van der Waals surface area contributed by atoms with E-state index in [1.54, 1.807) is 23.2 Å². The smallest absolute Gasteiger partial charge is 0.333 e. The molecule has 136 valence electrons. The molecule has 1 amide bonds. The van der Waals surface area contributed by atoms with Gasteiger partial charge in [0.05, 0.1) is 18.0 Å². The van der Waals surface area contributed by atoms with Crippen LogP contribution >= 0.6 is 24.2 Å². The Morgan fingerprint density at radius 2 is 2.12 bits per heavy atom. The third-order valence-electron chi connectivity index (χ3n) is 3.72. The second kappa shape index (κ2) is 10.1. The Kier molecular flexibility index (Phi) is 8.86. The molecule has 0 saturated carbocycles. The summed E-state index contributed by atoms with van der Waals surface area (Å²) in [6.45, 7) is 1.89. The van der Waals surface area contributed by atoms with Crippen LogP contribution in [-0.2, 0) is 11.3 Å². The first-order chi connectivity index (χ1) is 11.0. The Balaban J connectivity index is 0.00000288. The van der Waals surface area contributed by atoms with Gasteiger partial charge in [-0.2, -0.15) is 13.2 Å². The van der Waals surface area contributed by atoms with E-state index in [1.807, 2.05) is 6.07 Å². The monoisotopic (exact) mass is 383 g/mol. The van der Waals surface area contributed by atoms with Gasteiger partial charge in [0, 0.05) is 12.2 Å². The number of nitrogens with zero attached hydrogens (tertiary/aromatic N) is 2. The van der Waals surface area contributed by atoms with Gasteiger partial charge in [-0.05, 0) is 56.2 Å². The molecule has 0 aliphatic carbocycles. The number of amides is 1. The van der Waals surface area contributed by atoms with E-state index in [-0.39, 0.29) is 36.8 Å². The molecule has 1 aromatic rings. The molecule has 1 aliphatic rings. The van der Waals surface area contributed by atoms with Crippen LogP contribution in [0.15, 0.2) is 24.4 Å². The third-order valence-corrected chi connectivity index (χ3v) is 4.44. The molecule has 1 atom stereocenters. The van der Waals surface area contributed by atoms with Crippen molar-refractivity contribution in [2.75, 3.05) is 18.8 Å². The van der Waals surface area contributed by atoms with Gasteiger partial charge >= 0.3 is 5.51 Å². The lowest BCUT2D eigenvalue weighted by molar-refractivity contribution is -0.131. The molecular formula is C15H21ClF3N3OS. The van der Waals surface area contributed by atoms with Crippen molar-refractivity contribution in [3.63, 3.8) is 0 Å². The van der Waals surface area contributed by atoms with E-state index in [1.165, 1.54) is 0 Å². The lowest BCUT2D eigenvalue weighted by Gasteiger charge is -2.31. The fraction of sp³-hybridized carbons (Fsp3) is 0.600. The normalized spacial score (nSPS) is 18.4. The number of alkyl halides is 3. The number of carbonyl (C=O) groups is 1. The third kappa shape index (κ3) is 7.27. The maximum atomic E-state index is 12.4. The number of aromatic nitrogens is 1. The van der Waals surface area contributed by atoms with Gasteiger partial charge in [0.2, 0.25) is 5.91 Å². The second-order valence-electron chi connectivity index (χ2n) is 5.41. The molecule has 0 bridgehead atoms. The summed E-state index contributed by atoms with van der Waals surface area (Å²) >= 11 is -0.277. The fourth-order valence-electron chi connectivity index (χ4n) is 2.63. The molecule has 1 saturated heterocycles. The highest BCUT2D eigenvalue weighted by atomic mass is 35.5. The minimum Gasteiger partial charge on any atom is -0.333 e. The number of nitrogens with one attached hydrogen (secondary N) is 1. The lowest BCUT2D eigenvalue weighted by atomic mass is 10.1. The van der Waals surface area contributed by atoms with Gasteiger partial charge in [-0.25, -0.2) is 0 Å². The molecule has 0 spiro atoms. The molecule has 1 N–H and O–H groups in total. The van der Waals surface area contributed by atoms with Crippen LogP contribution in [0.1, 0.15) is 25.0 Å². The first-order valence-corrected chi connectivity index (χ1v) is 8.55. The highest BCUT2D eigenvalue weighted by Crippen LogP contribution is 2.30. The van der Waals surface area contributed by atoms with Crippen molar-refractivity contribution in [1.29, 1.82) is 0 Å². The summed E-state index contributed by atoms with van der Waals surface area (Å²) in [6, 6.07) is 5.31. The Bertz CT molecular complexity index is 496. The van der Waals surface area contributed by atoms with Crippen LogP contribution in [0.2, 0.25) is 0 Å². The SMILES string of the molecule is Cl.O=C(CSC(F)(F)F)N(Cc1ccccn1)C1CCCNCC1. The minimum absolute atomic E-state index is 0. The van der Waals surface area contributed by atoms with E-state index < -0.39 is 17.2 Å². The van der Waals surface area contributed by atoms with Crippen molar-refractivity contribution in [2.45, 2.75) is 37.4 Å². The van der Waals surface area contributed by atoms with E-state index >= 15 is 0 Å². The predicted molar refractivity (Wildman–Crippen MR) is 91.1 cm³/mol. The summed E-state index contributed by atoms with van der Waals surface area (Å²) in [5, 5.41) is 3.25. The van der Waals surface area contributed by atoms with Crippen molar-refractivity contribution < 1.29 is 18.0 Å². The van der Waals surface area contributed by atoms with E-state index in [0.29, 0.717) is 5.69 Å². The van der Waals surface area contributed by atoms with Crippen LogP contribution in [0.5, 0.6) is 0 Å². The van der Waals surface area contributed by atoms with E-state index in [9.17, 15) is 18.0 Å². The Labute approximate surface area is 150 Å². The first-order valence-electron chi connectivity index (χ1n) is 7.56. The maximum Gasteiger partial charge on any atom is 0.442 e.